The van der Waals surface area contributed by atoms with Crippen LogP contribution < -0.4 is 15.0 Å². The zero-order chi connectivity index (χ0) is 24.6. The number of benzene rings is 1. The number of carbonyl (C=O) groups excluding carboxylic acids is 1. The van der Waals surface area contributed by atoms with Gasteiger partial charge in [-0.3, -0.25) is 9.69 Å². The highest BCUT2D eigenvalue weighted by Crippen LogP contribution is 2.40. The van der Waals surface area contributed by atoms with Gasteiger partial charge in [-0.05, 0) is 42.8 Å². The maximum Gasteiger partial charge on any atom is 0.246 e. The van der Waals surface area contributed by atoms with Gasteiger partial charge in [0, 0.05) is 56.6 Å². The molecule has 5 heterocycles. The lowest BCUT2D eigenvalue weighted by molar-refractivity contribution is -0.134. The minimum Gasteiger partial charge on any atom is -0.487 e. The molecule has 1 amide bonds. The van der Waals surface area contributed by atoms with Crippen LogP contribution in [-0.2, 0) is 16.1 Å². The summed E-state index contributed by atoms with van der Waals surface area (Å²) < 4.78 is 11.7. The number of ether oxygens (including phenoxy) is 2. The summed E-state index contributed by atoms with van der Waals surface area (Å²) in [5, 5.41) is 14.6. The third-order valence-electron chi connectivity index (χ3n) is 7.92. The number of pyridine rings is 1. The lowest BCUT2D eigenvalue weighted by Gasteiger charge is -2.48. The number of β-amino-alcohol motifs (C(OH)–C–C–N with tert-alkyl or cyclic N) is 1. The van der Waals surface area contributed by atoms with Crippen molar-refractivity contribution in [3.63, 3.8) is 0 Å². The van der Waals surface area contributed by atoms with Gasteiger partial charge in [-0.25, -0.2) is 4.98 Å². The van der Waals surface area contributed by atoms with Crippen molar-refractivity contribution in [1.82, 2.24) is 14.8 Å². The van der Waals surface area contributed by atoms with Crippen molar-refractivity contribution >= 4 is 23.1 Å². The van der Waals surface area contributed by atoms with Crippen LogP contribution in [0.4, 0.5) is 17.2 Å². The van der Waals surface area contributed by atoms with Crippen molar-refractivity contribution in [1.29, 1.82) is 0 Å². The normalized spacial score (nSPS) is 24.5. The number of aromatic nitrogens is 1. The second-order valence-electron chi connectivity index (χ2n) is 9.98. The number of amides is 1. The first kappa shape index (κ1) is 23.3. The number of nitrogens with one attached hydrogen (secondary N) is 1. The van der Waals surface area contributed by atoms with Crippen LogP contribution in [0.3, 0.4) is 0 Å². The Morgan fingerprint density at radius 2 is 2.00 bits per heavy atom. The summed E-state index contributed by atoms with van der Waals surface area (Å²) in [4.78, 5) is 22.8. The number of piperidine rings is 1. The van der Waals surface area contributed by atoms with Gasteiger partial charge in [-0.1, -0.05) is 12.6 Å². The fourth-order valence-electron chi connectivity index (χ4n) is 5.78. The number of hydrogen-bond donors (Lipinski definition) is 2. The molecule has 0 unspecified atom stereocenters. The first-order valence-electron chi connectivity index (χ1n) is 12.8. The van der Waals surface area contributed by atoms with E-state index in [9.17, 15) is 9.90 Å². The van der Waals surface area contributed by atoms with E-state index in [0.29, 0.717) is 32.3 Å². The molecule has 3 fully saturated rings. The van der Waals surface area contributed by atoms with E-state index in [1.165, 1.54) is 6.08 Å². The quantitative estimate of drug-likeness (QED) is 0.629. The van der Waals surface area contributed by atoms with Crippen LogP contribution in [0.5, 0.6) is 5.75 Å². The van der Waals surface area contributed by atoms with Crippen molar-refractivity contribution in [2.24, 2.45) is 0 Å². The Bertz CT molecular complexity index is 1140. The number of anilines is 3. The number of fused-ring (bicyclic) bond motifs is 2. The highest BCUT2D eigenvalue weighted by Gasteiger charge is 2.38. The third-order valence-corrected chi connectivity index (χ3v) is 7.92. The summed E-state index contributed by atoms with van der Waals surface area (Å²) in [6.07, 6.45) is 3.61. The van der Waals surface area contributed by atoms with E-state index in [1.54, 1.807) is 4.90 Å². The molecule has 1 aromatic carbocycles. The molecule has 2 aromatic rings. The minimum absolute atomic E-state index is 0.0190. The van der Waals surface area contributed by atoms with Gasteiger partial charge < -0.3 is 29.7 Å². The van der Waals surface area contributed by atoms with Crippen LogP contribution in [0.1, 0.15) is 23.5 Å². The topological polar surface area (TPSA) is 90.4 Å². The average molecular weight is 492 g/mol. The van der Waals surface area contributed by atoms with Gasteiger partial charge in [0.25, 0.3) is 0 Å². The number of nitrogens with zero attached hydrogens (tertiary/aromatic N) is 4. The van der Waals surface area contributed by atoms with E-state index in [1.807, 2.05) is 12.3 Å². The lowest BCUT2D eigenvalue weighted by Crippen LogP contribution is -2.63. The minimum atomic E-state index is -0.467. The first-order valence-corrected chi connectivity index (χ1v) is 12.8. The van der Waals surface area contributed by atoms with E-state index in [0.717, 1.165) is 73.3 Å². The highest BCUT2D eigenvalue weighted by molar-refractivity contribution is 5.87. The van der Waals surface area contributed by atoms with E-state index >= 15 is 0 Å². The molecule has 2 N–H and O–H groups in total. The summed E-state index contributed by atoms with van der Waals surface area (Å²) in [6, 6.07) is 8.54. The molecule has 4 aliphatic rings. The molecule has 190 valence electrons. The molecule has 1 aromatic heterocycles. The second kappa shape index (κ2) is 9.72. The van der Waals surface area contributed by atoms with E-state index < -0.39 is 6.10 Å². The van der Waals surface area contributed by atoms with Gasteiger partial charge in [0.1, 0.15) is 18.2 Å². The van der Waals surface area contributed by atoms with Gasteiger partial charge in [-0.15, -0.1) is 0 Å². The monoisotopic (exact) mass is 491 g/mol. The lowest BCUT2D eigenvalue weighted by atomic mass is 9.85. The van der Waals surface area contributed by atoms with Crippen LogP contribution >= 0.6 is 0 Å². The van der Waals surface area contributed by atoms with Crippen LogP contribution in [0.2, 0.25) is 0 Å². The van der Waals surface area contributed by atoms with Gasteiger partial charge in [0.05, 0.1) is 30.6 Å². The third kappa shape index (κ3) is 4.31. The molecule has 0 saturated carbocycles. The number of hydrogen-bond acceptors (Lipinski definition) is 8. The number of carbonyl (C=O) groups is 1. The summed E-state index contributed by atoms with van der Waals surface area (Å²) >= 11 is 0. The largest absolute Gasteiger partial charge is 0.487 e. The predicted octanol–water partition coefficient (Wildman–Crippen LogP) is 2.10. The number of rotatable bonds is 4. The smallest absolute Gasteiger partial charge is 0.246 e. The van der Waals surface area contributed by atoms with Crippen LogP contribution in [-0.4, -0.2) is 90.4 Å². The van der Waals surface area contributed by atoms with E-state index in [-0.39, 0.29) is 11.8 Å². The second-order valence-corrected chi connectivity index (χ2v) is 9.98. The Balaban J connectivity index is 1.16. The van der Waals surface area contributed by atoms with Crippen molar-refractivity contribution < 1.29 is 19.4 Å². The molecule has 2 atom stereocenters. The van der Waals surface area contributed by atoms with Crippen molar-refractivity contribution in [2.45, 2.75) is 31.1 Å². The van der Waals surface area contributed by atoms with E-state index in [4.69, 9.17) is 9.47 Å². The SMILES string of the molecule is C=CC(=O)N1CC(N2CC[C@@H](c3ccc4c(c3)Nc3nccc(N5CCOCC5)c3CO4)[C@H](O)C2)C1. The van der Waals surface area contributed by atoms with Crippen LogP contribution in [0, 0.1) is 0 Å². The Hall–Kier alpha value is -3.14. The molecule has 0 radical (unpaired) electrons. The molecule has 0 aliphatic carbocycles. The fourth-order valence-corrected chi connectivity index (χ4v) is 5.78. The molecule has 9 nitrogen and oxygen atoms in total. The molecular formula is C27H33N5O4. The number of likely N-dealkylation sites (tertiary alicyclic amines) is 2. The van der Waals surface area contributed by atoms with Crippen molar-refractivity contribution in [3.05, 3.63) is 54.2 Å². The molecule has 0 spiro atoms. The fraction of sp³-hybridized carbons (Fsp3) is 0.481. The number of aliphatic hydroxyl groups is 1. The molecule has 36 heavy (non-hydrogen) atoms. The maximum atomic E-state index is 11.8. The Labute approximate surface area is 211 Å². The van der Waals surface area contributed by atoms with Crippen LogP contribution in [0.25, 0.3) is 0 Å². The molecule has 3 saturated heterocycles. The van der Waals surface area contributed by atoms with Crippen molar-refractivity contribution in [2.75, 3.05) is 62.7 Å². The maximum absolute atomic E-state index is 11.8. The average Bonchev–Trinajstić information content (AvgIpc) is 3.07. The summed E-state index contributed by atoms with van der Waals surface area (Å²) in [7, 11) is 0. The summed E-state index contributed by atoms with van der Waals surface area (Å²) in [6.45, 7) is 10.1. The zero-order valence-corrected chi connectivity index (χ0v) is 20.4. The highest BCUT2D eigenvalue weighted by atomic mass is 16.5. The summed E-state index contributed by atoms with van der Waals surface area (Å²) in [5.74, 6) is 1.64. The molecule has 0 bridgehead atoms. The van der Waals surface area contributed by atoms with Gasteiger partial charge >= 0.3 is 0 Å². The van der Waals surface area contributed by atoms with Gasteiger partial charge in [-0.2, -0.15) is 0 Å². The van der Waals surface area contributed by atoms with Crippen molar-refractivity contribution in [3.8, 4) is 5.75 Å². The van der Waals surface area contributed by atoms with Gasteiger partial charge in [0.15, 0.2) is 0 Å². The number of morpholine rings is 1. The standard InChI is InChI=1S/C27H33N5O4/c1-2-26(34)32-14-19(15-32)31-8-6-20(24(33)16-31)18-3-4-25-22(13-18)29-27-21(17-36-25)23(5-7-28-27)30-9-11-35-12-10-30/h2-5,7,13,19-20,24,33H,1,6,8-12,14-17H2,(H,28,29)/t20-,24+/m0/s1. The molecule has 6 rings (SSSR count). The van der Waals surface area contributed by atoms with Crippen LogP contribution in [0.15, 0.2) is 43.1 Å². The van der Waals surface area contributed by atoms with Gasteiger partial charge in [0.2, 0.25) is 5.91 Å². The molecular weight excluding hydrogens is 458 g/mol. The predicted molar refractivity (Wildman–Crippen MR) is 137 cm³/mol. The van der Waals surface area contributed by atoms with E-state index in [2.05, 4.69) is 44.9 Å². The molecule has 9 heteroatoms. The Kier molecular flexibility index (Phi) is 6.29. The number of aliphatic hydroxyl groups excluding tert-OH is 1. The molecule has 4 aliphatic heterocycles. The summed E-state index contributed by atoms with van der Waals surface area (Å²) in [5.41, 5.74) is 4.16. The zero-order valence-electron chi connectivity index (χ0n) is 20.4. The first-order chi connectivity index (χ1) is 17.6. The Morgan fingerprint density at radius 1 is 1.17 bits per heavy atom. The Morgan fingerprint density at radius 3 is 2.78 bits per heavy atom.